The Morgan fingerprint density at radius 3 is 2.68 bits per heavy atom. The summed E-state index contributed by atoms with van der Waals surface area (Å²) in [5, 5.41) is 13.3. The summed E-state index contributed by atoms with van der Waals surface area (Å²) in [6.07, 6.45) is 1.33. The van der Waals surface area contributed by atoms with Crippen molar-refractivity contribution in [3.05, 3.63) is 56.7 Å². The predicted octanol–water partition coefficient (Wildman–Crippen LogP) is 3.77. The number of aromatic nitrogens is 1. The number of nitrogens with one attached hydrogen (secondary N) is 1. The number of hydrogen-bond acceptors (Lipinski definition) is 4. The van der Waals surface area contributed by atoms with Gasteiger partial charge in [-0.15, -0.1) is 0 Å². The van der Waals surface area contributed by atoms with Gasteiger partial charge in [0.2, 0.25) is 5.82 Å². The van der Waals surface area contributed by atoms with E-state index in [4.69, 9.17) is 0 Å². The molecule has 0 amide bonds. The summed E-state index contributed by atoms with van der Waals surface area (Å²) >= 11 is 3.06. The molecule has 1 aromatic carbocycles. The van der Waals surface area contributed by atoms with Gasteiger partial charge in [-0.05, 0) is 28.1 Å². The Balaban J connectivity index is 2.40. The molecule has 1 N–H and O–H groups in total. The highest BCUT2D eigenvalue weighted by atomic mass is 79.9. The van der Waals surface area contributed by atoms with E-state index in [0.717, 1.165) is 12.1 Å². The molecule has 5 nitrogen and oxygen atoms in total. The molecule has 0 aliphatic rings. The van der Waals surface area contributed by atoms with E-state index in [1.807, 2.05) is 0 Å². The number of benzene rings is 1. The quantitative estimate of drug-likeness (QED) is 0.687. The van der Waals surface area contributed by atoms with E-state index in [1.165, 1.54) is 12.3 Å². The molecular formula is C11H6BrF2N3O2. The molecule has 8 heteroatoms. The molecule has 2 rings (SSSR count). The van der Waals surface area contributed by atoms with Gasteiger partial charge in [-0.2, -0.15) is 0 Å². The fraction of sp³-hybridized carbons (Fsp3) is 0. The van der Waals surface area contributed by atoms with Crippen LogP contribution in [-0.2, 0) is 0 Å². The molecule has 19 heavy (non-hydrogen) atoms. The zero-order valence-electron chi connectivity index (χ0n) is 9.23. The number of anilines is 2. The van der Waals surface area contributed by atoms with Gasteiger partial charge in [-0.3, -0.25) is 10.1 Å². The lowest BCUT2D eigenvalue weighted by atomic mass is 10.3. The third kappa shape index (κ3) is 3.02. The molecular weight excluding hydrogens is 324 g/mol. The molecule has 0 radical (unpaired) electrons. The highest BCUT2D eigenvalue weighted by molar-refractivity contribution is 9.10. The second-order valence-electron chi connectivity index (χ2n) is 3.53. The molecule has 1 heterocycles. The second-order valence-corrected chi connectivity index (χ2v) is 4.44. The van der Waals surface area contributed by atoms with Crippen LogP contribution >= 0.6 is 15.9 Å². The molecule has 0 saturated heterocycles. The Morgan fingerprint density at radius 2 is 2.05 bits per heavy atom. The van der Waals surface area contributed by atoms with E-state index in [9.17, 15) is 18.9 Å². The van der Waals surface area contributed by atoms with Crippen molar-refractivity contribution < 1.29 is 13.7 Å². The van der Waals surface area contributed by atoms with E-state index in [2.05, 4.69) is 26.2 Å². The Hall–Kier alpha value is -2.09. The van der Waals surface area contributed by atoms with E-state index in [-0.39, 0.29) is 17.2 Å². The van der Waals surface area contributed by atoms with E-state index < -0.39 is 16.6 Å². The molecule has 1 aromatic heterocycles. The van der Waals surface area contributed by atoms with Crippen LogP contribution in [0.1, 0.15) is 0 Å². The number of pyridine rings is 1. The number of nitro groups is 1. The minimum atomic E-state index is -0.862. The average molecular weight is 330 g/mol. The van der Waals surface area contributed by atoms with Crippen LogP contribution in [0, 0.1) is 21.7 Å². The summed E-state index contributed by atoms with van der Waals surface area (Å²) in [5.74, 6) is -1.72. The smallest absolute Gasteiger partial charge is 0.312 e. The fourth-order valence-corrected chi connectivity index (χ4v) is 1.70. The molecule has 0 spiro atoms. The maximum absolute atomic E-state index is 13.4. The molecule has 0 saturated carbocycles. The summed E-state index contributed by atoms with van der Waals surface area (Å²) in [5.41, 5.74) is -0.419. The van der Waals surface area contributed by atoms with Crippen LogP contribution in [0.4, 0.5) is 26.0 Å². The van der Waals surface area contributed by atoms with Crippen molar-refractivity contribution in [3.63, 3.8) is 0 Å². The van der Waals surface area contributed by atoms with Crippen molar-refractivity contribution in [2.24, 2.45) is 0 Å². The fourth-order valence-electron chi connectivity index (χ4n) is 1.38. The number of halogens is 3. The Bertz CT molecular complexity index is 652. The maximum atomic E-state index is 13.4. The van der Waals surface area contributed by atoms with E-state index in [0.29, 0.717) is 10.5 Å². The summed E-state index contributed by atoms with van der Waals surface area (Å²) in [6.45, 7) is 0. The highest BCUT2D eigenvalue weighted by Crippen LogP contribution is 2.29. The van der Waals surface area contributed by atoms with Crippen molar-refractivity contribution in [2.75, 3.05) is 5.32 Å². The molecule has 0 bridgehead atoms. The van der Waals surface area contributed by atoms with Crippen LogP contribution in [0.15, 0.2) is 34.9 Å². The number of hydrogen-bond donors (Lipinski definition) is 1. The minimum absolute atomic E-state index is 0.0978. The van der Waals surface area contributed by atoms with Crippen molar-refractivity contribution in [3.8, 4) is 0 Å². The average Bonchev–Trinajstić information content (AvgIpc) is 2.34. The molecule has 0 unspecified atom stereocenters. The third-order valence-corrected chi connectivity index (χ3v) is 2.65. The van der Waals surface area contributed by atoms with Gasteiger partial charge in [0.15, 0.2) is 0 Å². The summed E-state index contributed by atoms with van der Waals surface area (Å²) in [7, 11) is 0. The van der Waals surface area contributed by atoms with Crippen molar-refractivity contribution >= 4 is 33.1 Å². The summed E-state index contributed by atoms with van der Waals surface area (Å²) in [4.78, 5) is 14.0. The van der Waals surface area contributed by atoms with Crippen LogP contribution in [0.3, 0.4) is 0 Å². The van der Waals surface area contributed by atoms with Crippen LogP contribution in [-0.4, -0.2) is 9.91 Å². The molecule has 98 valence electrons. The zero-order valence-corrected chi connectivity index (χ0v) is 10.8. The standard InChI is InChI=1S/C11H6BrF2N3O2/c12-6-3-10(17(18)19)11(15-5-6)16-9-2-1-7(13)4-8(9)14/h1-5H,(H,15,16). The zero-order chi connectivity index (χ0) is 14.0. The Morgan fingerprint density at radius 1 is 1.32 bits per heavy atom. The van der Waals surface area contributed by atoms with Crippen molar-refractivity contribution in [1.29, 1.82) is 0 Å². The van der Waals surface area contributed by atoms with Crippen LogP contribution in [0.2, 0.25) is 0 Å². The van der Waals surface area contributed by atoms with Crippen LogP contribution < -0.4 is 5.32 Å². The maximum Gasteiger partial charge on any atom is 0.312 e. The van der Waals surface area contributed by atoms with Crippen molar-refractivity contribution in [1.82, 2.24) is 4.98 Å². The first-order valence-corrected chi connectivity index (χ1v) is 5.78. The number of rotatable bonds is 3. The third-order valence-electron chi connectivity index (χ3n) is 2.22. The molecule has 2 aromatic rings. The van der Waals surface area contributed by atoms with Gasteiger partial charge >= 0.3 is 5.69 Å². The molecule has 0 aliphatic heterocycles. The topological polar surface area (TPSA) is 68.1 Å². The predicted molar refractivity (Wildman–Crippen MR) is 68.2 cm³/mol. The normalized spacial score (nSPS) is 10.3. The first-order chi connectivity index (χ1) is 8.97. The highest BCUT2D eigenvalue weighted by Gasteiger charge is 2.17. The van der Waals surface area contributed by atoms with Gasteiger partial charge in [-0.25, -0.2) is 13.8 Å². The first kappa shape index (κ1) is 13.3. The molecule has 0 aliphatic carbocycles. The molecule has 0 atom stereocenters. The first-order valence-electron chi connectivity index (χ1n) is 4.99. The van der Waals surface area contributed by atoms with Gasteiger partial charge in [-0.1, -0.05) is 0 Å². The lowest BCUT2D eigenvalue weighted by molar-refractivity contribution is -0.384. The van der Waals surface area contributed by atoms with Gasteiger partial charge < -0.3 is 5.32 Å². The Kier molecular flexibility index (Phi) is 3.70. The van der Waals surface area contributed by atoms with Gasteiger partial charge in [0.25, 0.3) is 0 Å². The Labute approximate surface area is 114 Å². The number of nitrogens with zero attached hydrogens (tertiary/aromatic N) is 2. The van der Waals surface area contributed by atoms with Crippen LogP contribution in [0.25, 0.3) is 0 Å². The summed E-state index contributed by atoms with van der Waals surface area (Å²) in [6, 6.07) is 4.08. The van der Waals surface area contributed by atoms with Crippen molar-refractivity contribution in [2.45, 2.75) is 0 Å². The molecule has 0 fully saturated rings. The van der Waals surface area contributed by atoms with E-state index >= 15 is 0 Å². The van der Waals surface area contributed by atoms with Crippen LogP contribution in [0.5, 0.6) is 0 Å². The SMILES string of the molecule is O=[N+]([O-])c1cc(Br)cnc1Nc1ccc(F)cc1F. The van der Waals surface area contributed by atoms with E-state index in [1.54, 1.807) is 0 Å². The monoisotopic (exact) mass is 329 g/mol. The van der Waals surface area contributed by atoms with Gasteiger partial charge in [0.1, 0.15) is 11.6 Å². The lowest BCUT2D eigenvalue weighted by Crippen LogP contribution is -2.01. The van der Waals surface area contributed by atoms with Gasteiger partial charge in [0, 0.05) is 22.8 Å². The largest absolute Gasteiger partial charge is 0.332 e. The lowest BCUT2D eigenvalue weighted by Gasteiger charge is -2.07. The second kappa shape index (κ2) is 5.27. The summed E-state index contributed by atoms with van der Waals surface area (Å²) < 4.78 is 26.6. The minimum Gasteiger partial charge on any atom is -0.332 e. The van der Waals surface area contributed by atoms with Gasteiger partial charge in [0.05, 0.1) is 10.6 Å².